The Labute approximate surface area is 348 Å². The molecule has 0 amide bonds. The summed E-state index contributed by atoms with van der Waals surface area (Å²) in [6.45, 7) is 14.1. The van der Waals surface area contributed by atoms with Crippen LogP contribution in [0.2, 0.25) is 6.55 Å². The van der Waals surface area contributed by atoms with Crippen LogP contribution in [0.25, 0.3) is 65.3 Å². The summed E-state index contributed by atoms with van der Waals surface area (Å²) < 4.78 is 0. The number of unbranched alkanes of at least 4 members (excludes halogenated alkanes) is 2. The molecule has 0 aromatic heterocycles. The molecule has 0 spiro atoms. The molecule has 0 saturated carbocycles. The monoisotopic (exact) mass is 804 g/mol. The molecule has 0 aliphatic rings. The molecule has 2 heteroatoms. The predicted molar refractivity (Wildman–Crippen MR) is 242 cm³/mol. The summed E-state index contributed by atoms with van der Waals surface area (Å²) in [7, 11) is -2.73. The van der Waals surface area contributed by atoms with E-state index in [-0.39, 0.29) is 26.2 Å². The second-order valence-corrected chi connectivity index (χ2v) is 18.1. The first-order chi connectivity index (χ1) is 26.5. The van der Waals surface area contributed by atoms with Gasteiger partial charge in [0.2, 0.25) is 0 Å². The quantitative estimate of drug-likeness (QED) is 0.111. The zero-order chi connectivity index (χ0) is 37.5. The van der Waals surface area contributed by atoms with Gasteiger partial charge in [0.25, 0.3) is 0 Å². The van der Waals surface area contributed by atoms with Crippen LogP contribution in [0.3, 0.4) is 0 Å². The molecule has 270 valence electrons. The normalized spacial score (nSPS) is 11.1. The third-order valence-corrected chi connectivity index (χ3v) is 15.4. The molecule has 0 aliphatic heterocycles. The zero-order valence-electron chi connectivity index (χ0n) is 32.5. The summed E-state index contributed by atoms with van der Waals surface area (Å²) in [5.41, 5.74) is 5.32. The van der Waals surface area contributed by atoms with Crippen LogP contribution < -0.4 is 15.6 Å². The maximum absolute atomic E-state index is 3.60. The summed E-state index contributed by atoms with van der Waals surface area (Å²) in [5, 5.41) is 14.9. The van der Waals surface area contributed by atoms with Crippen molar-refractivity contribution in [2.45, 2.75) is 46.1 Å². The van der Waals surface area contributed by atoms with E-state index in [0.29, 0.717) is 0 Å². The van der Waals surface area contributed by atoms with Crippen molar-refractivity contribution in [2.24, 2.45) is 0 Å². The van der Waals surface area contributed by atoms with Gasteiger partial charge in [-0.2, -0.15) is 12.8 Å². The molecule has 0 bridgehead atoms. The molecular weight excluding hydrogens is 756 g/mol. The molecule has 9 aromatic carbocycles. The third kappa shape index (κ3) is 7.78. The fourth-order valence-electron chi connectivity index (χ4n) is 8.05. The van der Waals surface area contributed by atoms with Gasteiger partial charge in [-0.15, -0.1) is 67.3 Å². The fraction of sp³-hybridized carbons (Fsp3) is 0.132. The zero-order valence-corrected chi connectivity index (χ0v) is 35.9. The van der Waals surface area contributed by atoms with E-state index in [1.165, 1.54) is 93.7 Å². The van der Waals surface area contributed by atoms with Crippen molar-refractivity contribution in [3.05, 3.63) is 190 Å². The summed E-state index contributed by atoms with van der Waals surface area (Å²) >= 11 is 0. The molecule has 0 saturated heterocycles. The molecule has 0 aliphatic carbocycles. The van der Waals surface area contributed by atoms with Crippen LogP contribution in [0.15, 0.2) is 176 Å². The standard InChI is InChI=1S/C45H32Si.2C4H9.Zr/c1-46(35-21-3-2-4-22-35,44-38-25-11-7-17-33(38)29-42(44)40-27-13-19-31-15-5-9-23-36(31)40)45-39-26-12-8-18-34(39)30-43(45)41-28-14-20-32-16-6-10-24-37(32)41;2*1-3-4-2;/h2-30H,1H3;2*1,3-4H2,2H3;/q-2;2*-1;+4. The Balaban J connectivity index is 0.000000524. The van der Waals surface area contributed by atoms with Gasteiger partial charge >= 0.3 is 26.2 Å². The molecule has 0 atom stereocenters. The number of hydrogen-bond donors (Lipinski definition) is 0. The average molecular weight is 806 g/mol. The Bertz CT molecular complexity index is 2450. The SMILES string of the molecule is C[Si](c1ccccc1)(c1c(-c2cccc3ccccc23)[cH-]c2ccccc12)c1c(-c2cccc3ccccc23)[cH-]c2ccccc12.[CH2-]CCC.[CH2-]CCC.[Zr+4]. The predicted octanol–water partition coefficient (Wildman–Crippen LogP) is 13.4. The number of rotatable bonds is 7. The Morgan fingerprint density at radius 1 is 0.436 bits per heavy atom. The molecule has 0 heterocycles. The van der Waals surface area contributed by atoms with Crippen molar-refractivity contribution in [2.75, 3.05) is 0 Å². The van der Waals surface area contributed by atoms with Gasteiger partial charge in [-0.05, 0) is 21.5 Å². The Kier molecular flexibility index (Phi) is 13.4. The second-order valence-electron chi connectivity index (χ2n) is 14.3. The van der Waals surface area contributed by atoms with E-state index in [1.807, 2.05) is 0 Å². The average Bonchev–Trinajstić information content (AvgIpc) is 3.83. The Morgan fingerprint density at radius 2 is 0.782 bits per heavy atom. The maximum atomic E-state index is 3.60. The van der Waals surface area contributed by atoms with Gasteiger partial charge in [-0.1, -0.05) is 201 Å². The van der Waals surface area contributed by atoms with Crippen LogP contribution in [0.1, 0.15) is 39.5 Å². The van der Waals surface area contributed by atoms with E-state index in [1.54, 1.807) is 0 Å². The fourth-order valence-corrected chi connectivity index (χ4v) is 12.8. The minimum Gasteiger partial charge on any atom is -0.343 e. The van der Waals surface area contributed by atoms with E-state index in [9.17, 15) is 0 Å². The van der Waals surface area contributed by atoms with Crippen LogP contribution in [0.5, 0.6) is 0 Å². The van der Waals surface area contributed by atoms with Gasteiger partial charge in [-0.25, -0.2) is 0 Å². The van der Waals surface area contributed by atoms with Crippen molar-refractivity contribution in [1.82, 2.24) is 0 Å². The Morgan fingerprint density at radius 3 is 1.20 bits per heavy atom. The van der Waals surface area contributed by atoms with Crippen molar-refractivity contribution in [3.8, 4) is 22.3 Å². The molecule has 55 heavy (non-hydrogen) atoms. The maximum Gasteiger partial charge on any atom is 4.00 e. The molecule has 9 aromatic rings. The smallest absolute Gasteiger partial charge is 0.343 e. The summed E-state index contributed by atoms with van der Waals surface area (Å²) in [6, 6.07) is 65.6. The minimum absolute atomic E-state index is 0. The van der Waals surface area contributed by atoms with Gasteiger partial charge < -0.3 is 13.8 Å². The molecule has 0 nitrogen and oxygen atoms in total. The summed E-state index contributed by atoms with van der Waals surface area (Å²) in [4.78, 5) is 0. The van der Waals surface area contributed by atoms with E-state index in [0.717, 1.165) is 12.8 Å². The van der Waals surface area contributed by atoms with Gasteiger partial charge in [0.15, 0.2) is 0 Å². The molecular formula is C53H50SiZr. The van der Waals surface area contributed by atoms with Gasteiger partial charge in [0.1, 0.15) is 0 Å². The molecule has 0 unspecified atom stereocenters. The van der Waals surface area contributed by atoms with Crippen molar-refractivity contribution in [3.63, 3.8) is 0 Å². The van der Waals surface area contributed by atoms with E-state index in [4.69, 9.17) is 0 Å². The first-order valence-electron chi connectivity index (χ1n) is 19.5. The summed E-state index contributed by atoms with van der Waals surface area (Å²) in [5.74, 6) is 0. The van der Waals surface area contributed by atoms with E-state index >= 15 is 0 Å². The van der Waals surface area contributed by atoms with E-state index in [2.05, 4.69) is 210 Å². The first kappa shape index (κ1) is 40.1. The number of hydrogen-bond acceptors (Lipinski definition) is 0. The summed E-state index contributed by atoms with van der Waals surface area (Å²) in [6.07, 6.45) is 4.56. The first-order valence-corrected chi connectivity index (χ1v) is 22.0. The second kappa shape index (κ2) is 18.3. The molecule has 0 fully saturated rings. The van der Waals surface area contributed by atoms with Crippen molar-refractivity contribution < 1.29 is 26.2 Å². The van der Waals surface area contributed by atoms with Crippen LogP contribution in [0, 0.1) is 13.8 Å². The largest absolute Gasteiger partial charge is 4.00 e. The molecule has 9 rings (SSSR count). The van der Waals surface area contributed by atoms with Gasteiger partial charge in [0, 0.05) is 0 Å². The Hall–Kier alpha value is -4.62. The van der Waals surface area contributed by atoms with Gasteiger partial charge in [-0.3, -0.25) is 0 Å². The van der Waals surface area contributed by atoms with Crippen molar-refractivity contribution in [1.29, 1.82) is 0 Å². The van der Waals surface area contributed by atoms with Crippen molar-refractivity contribution >= 4 is 66.7 Å². The minimum atomic E-state index is -2.73. The van der Waals surface area contributed by atoms with E-state index < -0.39 is 8.07 Å². The topological polar surface area (TPSA) is 0 Å². The van der Waals surface area contributed by atoms with Crippen LogP contribution in [-0.4, -0.2) is 8.07 Å². The third-order valence-electron chi connectivity index (χ3n) is 10.8. The number of benzene rings is 7. The molecule has 0 N–H and O–H groups in total. The van der Waals surface area contributed by atoms with Crippen LogP contribution in [-0.2, 0) is 26.2 Å². The van der Waals surface area contributed by atoms with Crippen LogP contribution >= 0.6 is 0 Å². The van der Waals surface area contributed by atoms with Gasteiger partial charge in [0.05, 0.1) is 8.07 Å². The van der Waals surface area contributed by atoms with Crippen LogP contribution in [0.4, 0.5) is 0 Å². The molecule has 0 radical (unpaired) electrons. The number of fused-ring (bicyclic) bond motifs is 4.